The topological polar surface area (TPSA) is 52.3 Å². The van der Waals surface area contributed by atoms with Crippen LogP contribution in [0.4, 0.5) is 0 Å². The minimum absolute atomic E-state index is 0.231. The van der Waals surface area contributed by atoms with Crippen LogP contribution in [0.5, 0.6) is 0 Å². The van der Waals surface area contributed by atoms with E-state index in [4.69, 9.17) is 4.52 Å². The van der Waals surface area contributed by atoms with Crippen molar-refractivity contribution in [3.8, 4) is 11.3 Å². The molecular weight excluding hydrogens is 230 g/mol. The molecule has 0 saturated heterocycles. The van der Waals surface area contributed by atoms with Gasteiger partial charge in [0.15, 0.2) is 5.76 Å². The first-order valence-electron chi connectivity index (χ1n) is 5.78. The Morgan fingerprint density at radius 3 is 2.72 bits per heavy atom. The average molecular weight is 245 g/mol. The fraction of sp³-hybridized carbons (Fsp3) is 0.286. The number of rotatable bonds is 4. The molecule has 0 spiro atoms. The molecule has 1 aromatic heterocycles. The molecule has 94 valence electrons. The van der Waals surface area contributed by atoms with Gasteiger partial charge in [-0.2, -0.15) is 0 Å². The van der Waals surface area contributed by atoms with Crippen LogP contribution in [0, 0.1) is 6.92 Å². The monoisotopic (exact) mass is 245 g/mol. The Morgan fingerprint density at radius 1 is 1.33 bits per heavy atom. The van der Waals surface area contributed by atoms with E-state index in [9.17, 15) is 4.79 Å². The van der Waals surface area contributed by atoms with Crippen molar-refractivity contribution in [1.29, 1.82) is 0 Å². The molecule has 0 aliphatic heterocycles. The number of benzene rings is 1. The molecule has 4 heteroatoms. The number of hydrogen-bond donors (Lipinski definition) is 0. The number of esters is 1. The maximum absolute atomic E-state index is 11.1. The number of nitrogens with zero attached hydrogens (tertiary/aromatic N) is 1. The highest BCUT2D eigenvalue weighted by Crippen LogP contribution is 2.24. The zero-order valence-corrected chi connectivity index (χ0v) is 10.5. The van der Waals surface area contributed by atoms with Crippen LogP contribution in [0.25, 0.3) is 11.3 Å². The first kappa shape index (κ1) is 12.4. The third-order valence-electron chi connectivity index (χ3n) is 2.78. The van der Waals surface area contributed by atoms with Crippen molar-refractivity contribution in [3.63, 3.8) is 0 Å². The maximum atomic E-state index is 11.1. The van der Waals surface area contributed by atoms with Crippen LogP contribution in [0.3, 0.4) is 0 Å². The van der Waals surface area contributed by atoms with Gasteiger partial charge < -0.3 is 9.26 Å². The van der Waals surface area contributed by atoms with Gasteiger partial charge in [0.05, 0.1) is 13.3 Å². The average Bonchev–Trinajstić information content (AvgIpc) is 2.85. The lowest BCUT2D eigenvalue weighted by atomic mass is 10.0. The van der Waals surface area contributed by atoms with Gasteiger partial charge in [-0.15, -0.1) is 0 Å². The van der Waals surface area contributed by atoms with Gasteiger partial charge in [0.1, 0.15) is 0 Å². The lowest BCUT2D eigenvalue weighted by molar-refractivity contribution is -0.140. The summed E-state index contributed by atoms with van der Waals surface area (Å²) in [4.78, 5) is 11.1. The molecule has 0 saturated carbocycles. The molecule has 0 amide bonds. The van der Waals surface area contributed by atoms with Gasteiger partial charge in [-0.25, -0.2) is 0 Å². The minimum Gasteiger partial charge on any atom is -0.469 e. The molecule has 2 rings (SSSR count). The molecule has 0 aliphatic carbocycles. The minimum atomic E-state index is -0.231. The summed E-state index contributed by atoms with van der Waals surface area (Å²) in [5.74, 6) is 0.491. The quantitative estimate of drug-likeness (QED) is 0.777. The Hall–Kier alpha value is -2.10. The lowest BCUT2D eigenvalue weighted by Crippen LogP contribution is -2.01. The number of carbonyl (C=O) groups excluding carboxylic acids is 1. The van der Waals surface area contributed by atoms with E-state index in [1.165, 1.54) is 12.7 Å². The molecule has 4 nitrogen and oxygen atoms in total. The highest BCUT2D eigenvalue weighted by molar-refractivity contribution is 5.70. The first-order valence-corrected chi connectivity index (χ1v) is 5.78. The van der Waals surface area contributed by atoms with E-state index in [-0.39, 0.29) is 5.97 Å². The fourth-order valence-electron chi connectivity index (χ4n) is 1.72. The van der Waals surface area contributed by atoms with E-state index in [0.717, 1.165) is 16.9 Å². The second-order valence-corrected chi connectivity index (χ2v) is 4.12. The summed E-state index contributed by atoms with van der Waals surface area (Å²) in [5, 5.41) is 3.80. The molecule has 0 unspecified atom stereocenters. The van der Waals surface area contributed by atoms with Crippen molar-refractivity contribution < 1.29 is 14.1 Å². The zero-order valence-electron chi connectivity index (χ0n) is 10.5. The molecule has 2 aromatic rings. The molecule has 0 aliphatic rings. The Balaban J connectivity index is 2.17. The summed E-state index contributed by atoms with van der Waals surface area (Å²) >= 11 is 0. The van der Waals surface area contributed by atoms with Crippen molar-refractivity contribution in [2.45, 2.75) is 19.8 Å². The van der Waals surface area contributed by atoms with Crippen LogP contribution < -0.4 is 0 Å². The van der Waals surface area contributed by atoms with E-state index < -0.39 is 0 Å². The fourth-order valence-corrected chi connectivity index (χ4v) is 1.72. The first-order chi connectivity index (χ1) is 8.70. The molecule has 18 heavy (non-hydrogen) atoms. The summed E-state index contributed by atoms with van der Waals surface area (Å²) in [7, 11) is 1.39. The van der Waals surface area contributed by atoms with E-state index >= 15 is 0 Å². The van der Waals surface area contributed by atoms with E-state index in [2.05, 4.69) is 9.89 Å². The van der Waals surface area contributed by atoms with Crippen molar-refractivity contribution >= 4 is 5.97 Å². The van der Waals surface area contributed by atoms with Gasteiger partial charge in [-0.1, -0.05) is 35.0 Å². The van der Waals surface area contributed by atoms with E-state index in [1.807, 2.05) is 31.2 Å². The smallest absolute Gasteiger partial charge is 0.305 e. The SMILES string of the molecule is COC(=O)CCc1cnoc1-c1ccc(C)cc1. The molecule has 0 bridgehead atoms. The predicted octanol–water partition coefficient (Wildman–Crippen LogP) is 2.76. The van der Waals surface area contributed by atoms with Gasteiger partial charge in [0.2, 0.25) is 0 Å². The van der Waals surface area contributed by atoms with Crippen molar-refractivity contribution in [2.24, 2.45) is 0 Å². The van der Waals surface area contributed by atoms with E-state index in [0.29, 0.717) is 12.8 Å². The summed E-state index contributed by atoms with van der Waals surface area (Å²) in [6.07, 6.45) is 2.55. The summed E-state index contributed by atoms with van der Waals surface area (Å²) in [6, 6.07) is 8.00. The number of methoxy groups -OCH3 is 1. The van der Waals surface area contributed by atoms with Crippen molar-refractivity contribution in [2.75, 3.05) is 7.11 Å². The summed E-state index contributed by atoms with van der Waals surface area (Å²) < 4.78 is 9.87. The molecule has 0 N–H and O–H groups in total. The van der Waals surface area contributed by atoms with Gasteiger partial charge in [0, 0.05) is 17.5 Å². The number of aryl methyl sites for hydroxylation is 2. The predicted molar refractivity (Wildman–Crippen MR) is 67.0 cm³/mol. The largest absolute Gasteiger partial charge is 0.469 e. The van der Waals surface area contributed by atoms with Crippen LogP contribution in [0.15, 0.2) is 35.0 Å². The van der Waals surface area contributed by atoms with Gasteiger partial charge in [-0.3, -0.25) is 4.79 Å². The maximum Gasteiger partial charge on any atom is 0.305 e. The van der Waals surface area contributed by atoms with Crippen molar-refractivity contribution in [1.82, 2.24) is 5.16 Å². The normalized spacial score (nSPS) is 10.3. The Labute approximate surface area is 106 Å². The van der Waals surface area contributed by atoms with Gasteiger partial charge >= 0.3 is 5.97 Å². The van der Waals surface area contributed by atoms with Crippen LogP contribution in [0.1, 0.15) is 17.5 Å². The lowest BCUT2D eigenvalue weighted by Gasteiger charge is -2.01. The second-order valence-electron chi connectivity index (χ2n) is 4.12. The Morgan fingerprint density at radius 2 is 2.06 bits per heavy atom. The number of hydrogen-bond acceptors (Lipinski definition) is 4. The third kappa shape index (κ3) is 2.77. The summed E-state index contributed by atoms with van der Waals surface area (Å²) in [6.45, 7) is 2.03. The Bertz CT molecular complexity index is 528. The van der Waals surface area contributed by atoms with Crippen LogP contribution in [-0.2, 0) is 16.0 Å². The zero-order chi connectivity index (χ0) is 13.0. The Kier molecular flexibility index (Phi) is 3.77. The van der Waals surface area contributed by atoms with Crippen LogP contribution in [0.2, 0.25) is 0 Å². The summed E-state index contributed by atoms with van der Waals surface area (Å²) in [5.41, 5.74) is 3.08. The van der Waals surface area contributed by atoms with Crippen LogP contribution in [-0.4, -0.2) is 18.2 Å². The second kappa shape index (κ2) is 5.49. The molecule has 0 radical (unpaired) electrons. The number of aromatic nitrogens is 1. The van der Waals surface area contributed by atoms with Crippen LogP contribution >= 0.6 is 0 Å². The number of ether oxygens (including phenoxy) is 1. The molecule has 0 atom stereocenters. The molecule has 1 heterocycles. The molecular formula is C14H15NO3. The van der Waals surface area contributed by atoms with Gasteiger partial charge in [0.25, 0.3) is 0 Å². The van der Waals surface area contributed by atoms with Crippen molar-refractivity contribution in [3.05, 3.63) is 41.6 Å². The molecule has 0 fully saturated rings. The highest BCUT2D eigenvalue weighted by Gasteiger charge is 2.12. The van der Waals surface area contributed by atoms with E-state index in [1.54, 1.807) is 6.20 Å². The molecule has 1 aromatic carbocycles. The standard InChI is InChI=1S/C14H15NO3/c1-10-3-5-11(6-4-10)14-12(9-15-18-14)7-8-13(16)17-2/h3-6,9H,7-8H2,1-2H3. The highest BCUT2D eigenvalue weighted by atomic mass is 16.5. The third-order valence-corrected chi connectivity index (χ3v) is 2.78. The van der Waals surface area contributed by atoms with Gasteiger partial charge in [-0.05, 0) is 13.3 Å². The number of carbonyl (C=O) groups is 1.